The maximum absolute atomic E-state index is 3.25. The summed E-state index contributed by atoms with van der Waals surface area (Å²) in [5.41, 5.74) is 0. The summed E-state index contributed by atoms with van der Waals surface area (Å²) in [4.78, 5) is 0. The van der Waals surface area contributed by atoms with Gasteiger partial charge in [0, 0.05) is 0 Å². The molecule has 0 heterocycles. The number of hydrogen-bond acceptors (Lipinski definition) is 1. The lowest BCUT2D eigenvalue weighted by Crippen LogP contribution is -2.13. The Morgan fingerprint density at radius 2 is 1.46 bits per heavy atom. The van der Waals surface area contributed by atoms with Crippen LogP contribution in [0.3, 0.4) is 0 Å². The van der Waals surface area contributed by atoms with Gasteiger partial charge >= 0.3 is 0 Å². The summed E-state index contributed by atoms with van der Waals surface area (Å²) in [6.45, 7) is 5.77. The van der Waals surface area contributed by atoms with Crippen LogP contribution in [0.25, 0.3) is 0 Å². The molecule has 0 rings (SSSR count). The standard InChI is InChI=1S/C12H27N/c1-4-6-8-12(9-7-5-2)10-11-13-3/h12-13H,4-11H2,1-3H3. The molecule has 0 fully saturated rings. The van der Waals surface area contributed by atoms with E-state index >= 15 is 0 Å². The minimum Gasteiger partial charge on any atom is -0.320 e. The van der Waals surface area contributed by atoms with E-state index in [9.17, 15) is 0 Å². The molecule has 0 aliphatic carbocycles. The molecule has 0 aliphatic rings. The first-order chi connectivity index (χ1) is 6.35. The maximum atomic E-state index is 3.25. The lowest BCUT2D eigenvalue weighted by molar-refractivity contribution is 0.389. The first-order valence-electron chi connectivity index (χ1n) is 5.99. The van der Waals surface area contributed by atoms with Gasteiger partial charge in [-0.3, -0.25) is 0 Å². The molecule has 0 radical (unpaired) electrons. The number of nitrogens with one attached hydrogen (secondary N) is 1. The molecule has 0 aromatic carbocycles. The van der Waals surface area contributed by atoms with Crippen LogP contribution < -0.4 is 5.32 Å². The third kappa shape index (κ3) is 8.29. The van der Waals surface area contributed by atoms with Crippen molar-refractivity contribution in [3.63, 3.8) is 0 Å². The predicted molar refractivity (Wildman–Crippen MR) is 61.1 cm³/mol. The van der Waals surface area contributed by atoms with Gasteiger partial charge in [-0.2, -0.15) is 0 Å². The van der Waals surface area contributed by atoms with Crippen molar-refractivity contribution in [2.24, 2.45) is 5.92 Å². The Hall–Kier alpha value is -0.0400. The zero-order valence-corrected chi connectivity index (χ0v) is 9.73. The molecule has 0 aromatic rings. The molecular formula is C12H27N. The molecule has 0 bridgehead atoms. The highest BCUT2D eigenvalue weighted by Crippen LogP contribution is 2.18. The van der Waals surface area contributed by atoms with E-state index in [0.717, 1.165) is 5.92 Å². The van der Waals surface area contributed by atoms with Crippen molar-refractivity contribution in [1.29, 1.82) is 0 Å². The highest BCUT2D eigenvalue weighted by molar-refractivity contribution is 4.60. The van der Waals surface area contributed by atoms with Crippen molar-refractivity contribution >= 4 is 0 Å². The minimum atomic E-state index is 0.979. The molecule has 0 aromatic heterocycles. The molecule has 1 heteroatoms. The van der Waals surface area contributed by atoms with Crippen LogP contribution in [-0.2, 0) is 0 Å². The quantitative estimate of drug-likeness (QED) is 0.579. The van der Waals surface area contributed by atoms with E-state index in [2.05, 4.69) is 26.2 Å². The fourth-order valence-corrected chi connectivity index (χ4v) is 1.77. The van der Waals surface area contributed by atoms with Crippen molar-refractivity contribution in [2.45, 2.75) is 58.8 Å². The fraction of sp³-hybridized carbons (Fsp3) is 1.00. The number of unbranched alkanes of at least 4 members (excludes halogenated alkanes) is 2. The summed E-state index contributed by atoms with van der Waals surface area (Å²) in [6, 6.07) is 0. The van der Waals surface area contributed by atoms with Crippen LogP contribution in [-0.4, -0.2) is 13.6 Å². The monoisotopic (exact) mass is 185 g/mol. The Balaban J connectivity index is 3.47. The van der Waals surface area contributed by atoms with Gasteiger partial charge in [0.05, 0.1) is 0 Å². The number of hydrogen-bond donors (Lipinski definition) is 1. The van der Waals surface area contributed by atoms with E-state index in [1.54, 1.807) is 0 Å². The fourth-order valence-electron chi connectivity index (χ4n) is 1.77. The van der Waals surface area contributed by atoms with Gasteiger partial charge in [-0.15, -0.1) is 0 Å². The summed E-state index contributed by atoms with van der Waals surface area (Å²) in [7, 11) is 2.05. The largest absolute Gasteiger partial charge is 0.320 e. The third-order valence-corrected chi connectivity index (χ3v) is 2.73. The average Bonchev–Trinajstić information content (AvgIpc) is 2.17. The van der Waals surface area contributed by atoms with Crippen molar-refractivity contribution in [3.05, 3.63) is 0 Å². The predicted octanol–water partition coefficient (Wildman–Crippen LogP) is 3.59. The Morgan fingerprint density at radius 1 is 0.923 bits per heavy atom. The van der Waals surface area contributed by atoms with Crippen LogP contribution in [0, 0.1) is 5.92 Å². The van der Waals surface area contributed by atoms with Gasteiger partial charge in [-0.25, -0.2) is 0 Å². The highest BCUT2D eigenvalue weighted by atomic mass is 14.8. The summed E-state index contributed by atoms with van der Waals surface area (Å²) in [5, 5.41) is 3.25. The minimum absolute atomic E-state index is 0.979. The van der Waals surface area contributed by atoms with E-state index in [1.807, 2.05) is 0 Å². The molecule has 0 aliphatic heterocycles. The van der Waals surface area contributed by atoms with Crippen LogP contribution in [0.1, 0.15) is 58.8 Å². The number of rotatable bonds is 9. The van der Waals surface area contributed by atoms with Crippen LogP contribution in [0.15, 0.2) is 0 Å². The van der Waals surface area contributed by atoms with Gasteiger partial charge in [-0.1, -0.05) is 52.4 Å². The van der Waals surface area contributed by atoms with E-state index in [1.165, 1.54) is 51.5 Å². The van der Waals surface area contributed by atoms with E-state index in [-0.39, 0.29) is 0 Å². The molecule has 0 unspecified atom stereocenters. The second-order valence-corrected chi connectivity index (χ2v) is 4.04. The van der Waals surface area contributed by atoms with Crippen molar-refractivity contribution < 1.29 is 0 Å². The molecule has 1 N–H and O–H groups in total. The first kappa shape index (κ1) is 13.0. The molecule has 0 saturated carbocycles. The van der Waals surface area contributed by atoms with Gasteiger partial charge in [0.2, 0.25) is 0 Å². The molecule has 0 spiro atoms. The smallest absolute Gasteiger partial charge is 0.00493 e. The molecule has 0 amide bonds. The van der Waals surface area contributed by atoms with Gasteiger partial charge < -0.3 is 5.32 Å². The molecule has 0 atom stereocenters. The van der Waals surface area contributed by atoms with Crippen LogP contribution >= 0.6 is 0 Å². The topological polar surface area (TPSA) is 12.0 Å². The van der Waals surface area contributed by atoms with Gasteiger partial charge in [0.1, 0.15) is 0 Å². The van der Waals surface area contributed by atoms with E-state index in [0.29, 0.717) is 0 Å². The summed E-state index contributed by atoms with van der Waals surface area (Å²) in [6.07, 6.45) is 9.79. The molecule has 1 nitrogen and oxygen atoms in total. The zero-order valence-electron chi connectivity index (χ0n) is 9.73. The lowest BCUT2D eigenvalue weighted by atomic mass is 9.93. The van der Waals surface area contributed by atoms with Crippen LogP contribution in [0.5, 0.6) is 0 Å². The second kappa shape index (κ2) is 10.0. The lowest BCUT2D eigenvalue weighted by Gasteiger charge is -2.15. The molecule has 13 heavy (non-hydrogen) atoms. The summed E-state index contributed by atoms with van der Waals surface area (Å²) >= 11 is 0. The Morgan fingerprint density at radius 3 is 1.85 bits per heavy atom. The van der Waals surface area contributed by atoms with Crippen LogP contribution in [0.4, 0.5) is 0 Å². The summed E-state index contributed by atoms with van der Waals surface area (Å²) < 4.78 is 0. The zero-order chi connectivity index (χ0) is 9.94. The molecule has 0 saturated heterocycles. The Labute approximate surface area is 84.3 Å². The van der Waals surface area contributed by atoms with Gasteiger partial charge in [0.15, 0.2) is 0 Å². The second-order valence-electron chi connectivity index (χ2n) is 4.04. The van der Waals surface area contributed by atoms with Crippen LogP contribution in [0.2, 0.25) is 0 Å². The summed E-state index contributed by atoms with van der Waals surface area (Å²) in [5.74, 6) is 0.979. The average molecular weight is 185 g/mol. The highest BCUT2D eigenvalue weighted by Gasteiger charge is 2.06. The molecule has 80 valence electrons. The normalized spacial score (nSPS) is 11.1. The van der Waals surface area contributed by atoms with Crippen molar-refractivity contribution in [2.75, 3.05) is 13.6 Å². The third-order valence-electron chi connectivity index (χ3n) is 2.73. The van der Waals surface area contributed by atoms with E-state index < -0.39 is 0 Å². The van der Waals surface area contributed by atoms with Crippen molar-refractivity contribution in [3.8, 4) is 0 Å². The Kier molecular flexibility index (Phi) is 10.0. The van der Waals surface area contributed by atoms with Gasteiger partial charge in [-0.05, 0) is 25.9 Å². The maximum Gasteiger partial charge on any atom is -0.00493 e. The van der Waals surface area contributed by atoms with E-state index in [4.69, 9.17) is 0 Å². The first-order valence-corrected chi connectivity index (χ1v) is 5.99. The SMILES string of the molecule is CCCCC(CCCC)CCNC. The van der Waals surface area contributed by atoms with Crippen molar-refractivity contribution in [1.82, 2.24) is 5.32 Å². The molecular weight excluding hydrogens is 158 g/mol. The Bertz CT molecular complexity index is 72.1. The van der Waals surface area contributed by atoms with Gasteiger partial charge in [0.25, 0.3) is 0 Å².